The molecule has 0 aliphatic carbocycles. The molecule has 0 spiro atoms. The number of carbonyl (C=O) groups excluding carboxylic acids is 1. The molecule has 0 radical (unpaired) electrons. The number of nitrogens with zero attached hydrogens (tertiary/aromatic N) is 6. The molecule has 4 heterocycles. The van der Waals surface area contributed by atoms with Crippen LogP contribution in [0.25, 0.3) is 27.9 Å². The molecule has 5 rings (SSSR count). The number of aromatic nitrogens is 6. The van der Waals surface area contributed by atoms with E-state index in [0.29, 0.717) is 23.5 Å². The van der Waals surface area contributed by atoms with Crippen LogP contribution in [0.2, 0.25) is 0 Å². The molecule has 1 saturated heterocycles. The van der Waals surface area contributed by atoms with Gasteiger partial charge in [-0.25, -0.2) is 9.78 Å². The molecular formula is C19H18N6O4. The number of ether oxygens (including phenoxy) is 2. The zero-order valence-corrected chi connectivity index (χ0v) is 15.9. The first kappa shape index (κ1) is 17.6. The Morgan fingerprint density at radius 1 is 1.28 bits per heavy atom. The quantitative estimate of drug-likeness (QED) is 0.512. The lowest BCUT2D eigenvalue weighted by atomic mass is 10.1. The second-order valence-corrected chi connectivity index (χ2v) is 7.09. The van der Waals surface area contributed by atoms with Crippen LogP contribution >= 0.6 is 0 Å². The number of para-hydroxylation sites is 2. The zero-order valence-electron chi connectivity index (χ0n) is 15.9. The molecule has 10 heteroatoms. The van der Waals surface area contributed by atoms with E-state index in [9.17, 15) is 9.59 Å². The van der Waals surface area contributed by atoms with Gasteiger partial charge in [0.05, 0.1) is 24.3 Å². The van der Waals surface area contributed by atoms with Gasteiger partial charge in [0, 0.05) is 6.61 Å². The number of hydrogen-bond acceptors (Lipinski definition) is 7. The Bertz CT molecular complexity index is 1310. The fraction of sp³-hybridized carbons (Fsp3) is 0.316. The van der Waals surface area contributed by atoms with Crippen molar-refractivity contribution in [2.24, 2.45) is 0 Å². The highest BCUT2D eigenvalue weighted by atomic mass is 16.5. The summed E-state index contributed by atoms with van der Waals surface area (Å²) in [6, 6.07) is 7.62. The van der Waals surface area contributed by atoms with Crippen LogP contribution < -0.4 is 5.56 Å². The first-order valence-corrected chi connectivity index (χ1v) is 9.20. The minimum absolute atomic E-state index is 0.242. The Balaban J connectivity index is 1.83. The molecule has 10 nitrogen and oxygen atoms in total. The summed E-state index contributed by atoms with van der Waals surface area (Å²) in [6.07, 6.45) is 3.90. The lowest BCUT2D eigenvalue weighted by molar-refractivity contribution is -0.0447. The molecule has 148 valence electrons. The highest BCUT2D eigenvalue weighted by molar-refractivity contribution is 5.84. The second-order valence-electron chi connectivity index (χ2n) is 7.09. The number of fused-ring (bicyclic) bond motifs is 3. The Morgan fingerprint density at radius 3 is 2.79 bits per heavy atom. The van der Waals surface area contributed by atoms with Crippen LogP contribution in [0, 0.1) is 0 Å². The van der Waals surface area contributed by atoms with Crippen LogP contribution in [0.3, 0.4) is 0 Å². The molecule has 0 saturated carbocycles. The summed E-state index contributed by atoms with van der Waals surface area (Å²) in [4.78, 5) is 29.8. The van der Waals surface area contributed by atoms with Gasteiger partial charge in [-0.05, 0) is 31.9 Å². The highest BCUT2D eigenvalue weighted by Gasteiger charge is 2.35. The summed E-state index contributed by atoms with van der Waals surface area (Å²) in [5, 5.41) is 7.76. The minimum Gasteiger partial charge on any atom is -0.451 e. The Hall–Kier alpha value is -3.53. The first-order chi connectivity index (χ1) is 14.0. The first-order valence-electron chi connectivity index (χ1n) is 9.20. The highest BCUT2D eigenvalue weighted by Crippen LogP contribution is 2.33. The third-order valence-corrected chi connectivity index (χ3v) is 5.32. The van der Waals surface area contributed by atoms with E-state index in [0.717, 1.165) is 28.6 Å². The fourth-order valence-electron chi connectivity index (χ4n) is 3.96. The fourth-order valence-corrected chi connectivity index (χ4v) is 3.96. The van der Waals surface area contributed by atoms with Crippen LogP contribution in [-0.2, 0) is 15.2 Å². The maximum absolute atomic E-state index is 13.7. The number of carbonyl (C=O) groups is 1. The van der Waals surface area contributed by atoms with E-state index in [4.69, 9.17) is 4.74 Å². The van der Waals surface area contributed by atoms with Gasteiger partial charge in [-0.15, -0.1) is 5.10 Å². The third kappa shape index (κ3) is 2.49. The predicted octanol–water partition coefficient (Wildman–Crippen LogP) is 2.01. The number of methoxy groups -OCH3 is 1. The van der Waals surface area contributed by atoms with Crippen molar-refractivity contribution in [1.29, 1.82) is 0 Å². The van der Waals surface area contributed by atoms with Gasteiger partial charge in [-0.2, -0.15) is 4.68 Å². The number of imidazole rings is 1. The van der Waals surface area contributed by atoms with Gasteiger partial charge in [-0.3, -0.25) is 13.8 Å². The van der Waals surface area contributed by atoms with E-state index in [-0.39, 0.29) is 5.56 Å². The van der Waals surface area contributed by atoms with Gasteiger partial charge in [0.2, 0.25) is 0 Å². The Labute approximate surface area is 164 Å². The van der Waals surface area contributed by atoms with Gasteiger partial charge < -0.3 is 9.47 Å². The summed E-state index contributed by atoms with van der Waals surface area (Å²) >= 11 is 0. The normalized spacial score (nSPS) is 19.2. The van der Waals surface area contributed by atoms with E-state index in [1.165, 1.54) is 13.3 Å². The SMILES string of the molecule is COC(=O)n1cc(-c2ncn3c2c(=O)n(C2(C)CCCO2)c2ccccc23)nn1. The van der Waals surface area contributed by atoms with E-state index in [2.05, 4.69) is 20.0 Å². The summed E-state index contributed by atoms with van der Waals surface area (Å²) < 4.78 is 15.0. The van der Waals surface area contributed by atoms with Crippen molar-refractivity contribution in [1.82, 2.24) is 28.9 Å². The van der Waals surface area contributed by atoms with Crippen molar-refractivity contribution in [3.63, 3.8) is 0 Å². The Morgan fingerprint density at radius 2 is 2.07 bits per heavy atom. The number of benzene rings is 1. The summed E-state index contributed by atoms with van der Waals surface area (Å²) in [6.45, 7) is 2.52. The largest absolute Gasteiger partial charge is 0.451 e. The molecule has 1 aromatic carbocycles. The molecule has 1 atom stereocenters. The van der Waals surface area contributed by atoms with Crippen molar-refractivity contribution in [3.8, 4) is 11.4 Å². The van der Waals surface area contributed by atoms with Crippen LogP contribution in [0.4, 0.5) is 4.79 Å². The van der Waals surface area contributed by atoms with Gasteiger partial charge in [0.25, 0.3) is 5.56 Å². The maximum atomic E-state index is 13.7. The second kappa shape index (κ2) is 6.24. The van der Waals surface area contributed by atoms with E-state index in [1.54, 1.807) is 15.3 Å². The van der Waals surface area contributed by atoms with Crippen LogP contribution in [0.5, 0.6) is 0 Å². The van der Waals surface area contributed by atoms with Crippen molar-refractivity contribution >= 4 is 22.6 Å². The summed E-state index contributed by atoms with van der Waals surface area (Å²) in [5.74, 6) is 0. The molecule has 1 aliphatic heterocycles. The molecule has 1 unspecified atom stereocenters. The van der Waals surface area contributed by atoms with Crippen molar-refractivity contribution in [3.05, 3.63) is 47.1 Å². The number of hydrogen-bond donors (Lipinski definition) is 0. The number of rotatable bonds is 2. The molecule has 1 fully saturated rings. The molecule has 0 bridgehead atoms. The van der Waals surface area contributed by atoms with Crippen molar-refractivity contribution < 1.29 is 14.3 Å². The molecule has 0 N–H and O–H groups in total. The third-order valence-electron chi connectivity index (χ3n) is 5.32. The van der Waals surface area contributed by atoms with E-state index in [1.807, 2.05) is 31.2 Å². The van der Waals surface area contributed by atoms with Crippen LogP contribution in [0.1, 0.15) is 19.8 Å². The van der Waals surface area contributed by atoms with Crippen molar-refractivity contribution in [2.75, 3.05) is 13.7 Å². The smallest absolute Gasteiger partial charge is 0.435 e. The monoisotopic (exact) mass is 394 g/mol. The van der Waals surface area contributed by atoms with E-state index >= 15 is 0 Å². The lowest BCUT2D eigenvalue weighted by Crippen LogP contribution is -2.39. The standard InChI is InChI=1S/C19H18N6O4/c1-19(8-5-9-29-19)25-14-7-4-3-6-13(14)23-11-20-15(16(23)17(25)26)12-10-24(22-21-12)18(27)28-2/h3-4,6-7,10-11H,5,8-9H2,1-2H3. The van der Waals surface area contributed by atoms with Crippen LogP contribution in [-0.4, -0.2) is 48.8 Å². The zero-order chi connectivity index (χ0) is 20.2. The maximum Gasteiger partial charge on any atom is 0.435 e. The van der Waals surface area contributed by atoms with Gasteiger partial charge >= 0.3 is 6.09 Å². The molecule has 29 heavy (non-hydrogen) atoms. The minimum atomic E-state index is -0.746. The topological polar surface area (TPSA) is 106 Å². The molecule has 3 aromatic heterocycles. The van der Waals surface area contributed by atoms with Crippen LogP contribution in [0.15, 0.2) is 41.6 Å². The summed E-state index contributed by atoms with van der Waals surface area (Å²) in [5.41, 5.74) is 1.57. The predicted molar refractivity (Wildman–Crippen MR) is 103 cm³/mol. The molecule has 0 amide bonds. The molecule has 1 aliphatic rings. The van der Waals surface area contributed by atoms with E-state index < -0.39 is 11.8 Å². The van der Waals surface area contributed by atoms with Gasteiger partial charge in [0.1, 0.15) is 29.0 Å². The Kier molecular flexibility index (Phi) is 3.78. The molecular weight excluding hydrogens is 376 g/mol. The van der Waals surface area contributed by atoms with Crippen molar-refractivity contribution in [2.45, 2.75) is 25.5 Å². The van der Waals surface area contributed by atoms with Gasteiger partial charge in [-0.1, -0.05) is 17.3 Å². The molecule has 4 aromatic rings. The average Bonchev–Trinajstić information content (AvgIpc) is 3.47. The van der Waals surface area contributed by atoms with Gasteiger partial charge in [0.15, 0.2) is 0 Å². The lowest BCUT2D eigenvalue weighted by Gasteiger charge is -2.28. The summed E-state index contributed by atoms with van der Waals surface area (Å²) in [7, 11) is 1.25. The average molecular weight is 394 g/mol.